The van der Waals surface area contributed by atoms with E-state index < -0.39 is 0 Å². The van der Waals surface area contributed by atoms with E-state index in [4.69, 9.17) is 0 Å². The molecule has 0 aliphatic carbocycles. The summed E-state index contributed by atoms with van der Waals surface area (Å²) in [5.74, 6) is 0. The molecule has 0 amide bonds. The minimum Gasteiger partial charge on any atom is -0.355 e. The number of rotatable bonds is 1. The Kier molecular flexibility index (Phi) is 3.05. The largest absolute Gasteiger partial charge is 0.355 e. The summed E-state index contributed by atoms with van der Waals surface area (Å²) >= 11 is 0. The third-order valence-electron chi connectivity index (χ3n) is 4.72. The van der Waals surface area contributed by atoms with Crippen LogP contribution in [-0.2, 0) is 0 Å². The average Bonchev–Trinajstić information content (AvgIpc) is 2.84. The van der Waals surface area contributed by atoms with Crippen LogP contribution in [0, 0.1) is 27.7 Å². The Labute approximate surface area is 137 Å². The van der Waals surface area contributed by atoms with Gasteiger partial charge in [-0.05, 0) is 74.2 Å². The molecular weight excluding hydrogens is 278 g/mol. The van der Waals surface area contributed by atoms with Gasteiger partial charge in [0.2, 0.25) is 0 Å². The van der Waals surface area contributed by atoms with Crippen LogP contribution >= 0.6 is 0 Å². The molecule has 1 heteroatoms. The number of aryl methyl sites for hydroxylation is 4. The third kappa shape index (κ3) is 2.24. The molecule has 0 saturated heterocycles. The number of hydrogen-bond acceptors (Lipinski definition) is 0. The van der Waals surface area contributed by atoms with Crippen molar-refractivity contribution in [2.24, 2.45) is 0 Å². The maximum atomic E-state index is 3.52. The van der Waals surface area contributed by atoms with E-state index in [1.165, 1.54) is 55.2 Å². The maximum absolute atomic E-state index is 3.52. The van der Waals surface area contributed by atoms with Crippen LogP contribution in [0.1, 0.15) is 22.3 Å². The summed E-state index contributed by atoms with van der Waals surface area (Å²) in [6.45, 7) is 8.73. The van der Waals surface area contributed by atoms with Crippen molar-refractivity contribution in [3.8, 4) is 11.1 Å². The van der Waals surface area contributed by atoms with E-state index >= 15 is 0 Å². The molecule has 0 radical (unpaired) electrons. The number of benzene rings is 3. The second-order valence-electron chi connectivity index (χ2n) is 6.71. The summed E-state index contributed by atoms with van der Waals surface area (Å²) in [6, 6.07) is 17.9. The number of H-pyrrole nitrogens is 1. The molecule has 4 aromatic rings. The predicted molar refractivity (Wildman–Crippen MR) is 100 cm³/mol. The number of nitrogens with one attached hydrogen (secondary N) is 1. The van der Waals surface area contributed by atoms with Crippen LogP contribution in [0.5, 0.6) is 0 Å². The Morgan fingerprint density at radius 2 is 1.22 bits per heavy atom. The average molecular weight is 299 g/mol. The predicted octanol–water partition coefficient (Wildman–Crippen LogP) is 6.22. The van der Waals surface area contributed by atoms with Crippen molar-refractivity contribution in [2.45, 2.75) is 27.7 Å². The number of hydrogen-bond donors (Lipinski definition) is 1. The lowest BCUT2D eigenvalue weighted by atomic mass is 9.93. The van der Waals surface area contributed by atoms with Gasteiger partial charge in [0.1, 0.15) is 0 Å². The molecule has 0 aliphatic rings. The van der Waals surface area contributed by atoms with Gasteiger partial charge in [0, 0.05) is 21.8 Å². The van der Waals surface area contributed by atoms with E-state index in [9.17, 15) is 0 Å². The Morgan fingerprint density at radius 1 is 0.609 bits per heavy atom. The lowest BCUT2D eigenvalue weighted by Crippen LogP contribution is -1.90. The van der Waals surface area contributed by atoms with Gasteiger partial charge in [0.25, 0.3) is 0 Å². The molecule has 1 heterocycles. The lowest BCUT2D eigenvalue weighted by molar-refractivity contribution is 1.32. The first kappa shape index (κ1) is 14.1. The summed E-state index contributed by atoms with van der Waals surface area (Å²) in [5.41, 5.74) is 10.4. The van der Waals surface area contributed by atoms with Gasteiger partial charge in [-0.15, -0.1) is 0 Å². The van der Waals surface area contributed by atoms with Gasteiger partial charge in [-0.3, -0.25) is 0 Å². The topological polar surface area (TPSA) is 15.8 Å². The molecule has 1 nitrogen and oxygen atoms in total. The van der Waals surface area contributed by atoms with Crippen LogP contribution in [0.3, 0.4) is 0 Å². The Balaban J connectivity index is 2.02. The van der Waals surface area contributed by atoms with Gasteiger partial charge in [-0.1, -0.05) is 35.4 Å². The van der Waals surface area contributed by atoms with Crippen molar-refractivity contribution >= 4 is 21.8 Å². The van der Waals surface area contributed by atoms with Crippen LogP contribution in [0.2, 0.25) is 0 Å². The Hall–Kier alpha value is -2.54. The van der Waals surface area contributed by atoms with Gasteiger partial charge in [0.05, 0.1) is 0 Å². The van der Waals surface area contributed by atoms with E-state index in [0.717, 1.165) is 0 Å². The zero-order valence-corrected chi connectivity index (χ0v) is 14.1. The van der Waals surface area contributed by atoms with Crippen LogP contribution in [-0.4, -0.2) is 4.98 Å². The molecule has 3 aromatic carbocycles. The van der Waals surface area contributed by atoms with E-state index in [-0.39, 0.29) is 0 Å². The Morgan fingerprint density at radius 3 is 1.91 bits per heavy atom. The fourth-order valence-corrected chi connectivity index (χ4v) is 3.80. The second-order valence-corrected chi connectivity index (χ2v) is 6.71. The highest BCUT2D eigenvalue weighted by molar-refractivity contribution is 6.08. The second kappa shape index (κ2) is 4.99. The molecule has 0 saturated carbocycles. The van der Waals surface area contributed by atoms with Crippen molar-refractivity contribution in [2.75, 3.05) is 0 Å². The smallest absolute Gasteiger partial charge is 0.0465 e. The fourth-order valence-electron chi connectivity index (χ4n) is 3.80. The molecule has 0 atom stereocenters. The molecule has 1 N–H and O–H groups in total. The summed E-state index contributed by atoms with van der Waals surface area (Å²) < 4.78 is 0. The standard InChI is InChI=1S/C22H21N/c1-13-5-7-20-18(11-13)19-12-17(6-8-21(19)23-20)22-15(3)9-14(2)10-16(22)4/h5-12,23H,1-4H3. The molecule has 4 rings (SSSR count). The number of aromatic nitrogens is 1. The highest BCUT2D eigenvalue weighted by Crippen LogP contribution is 2.33. The van der Waals surface area contributed by atoms with Gasteiger partial charge in [-0.25, -0.2) is 0 Å². The van der Waals surface area contributed by atoms with Crippen LogP contribution in [0.25, 0.3) is 32.9 Å². The van der Waals surface area contributed by atoms with E-state index in [2.05, 4.69) is 81.2 Å². The highest BCUT2D eigenvalue weighted by atomic mass is 14.7. The van der Waals surface area contributed by atoms with E-state index in [0.29, 0.717) is 0 Å². The van der Waals surface area contributed by atoms with Gasteiger partial charge >= 0.3 is 0 Å². The summed E-state index contributed by atoms with van der Waals surface area (Å²) in [6.07, 6.45) is 0. The van der Waals surface area contributed by atoms with Gasteiger partial charge < -0.3 is 4.98 Å². The minimum atomic E-state index is 1.21. The molecule has 1 aromatic heterocycles. The monoisotopic (exact) mass is 299 g/mol. The summed E-state index contributed by atoms with van der Waals surface area (Å²) in [7, 11) is 0. The molecule has 0 bridgehead atoms. The van der Waals surface area contributed by atoms with Crippen molar-refractivity contribution in [3.63, 3.8) is 0 Å². The Bertz CT molecular complexity index is 1030. The molecule has 0 spiro atoms. The fraction of sp³-hybridized carbons (Fsp3) is 0.182. The molecule has 0 aliphatic heterocycles. The molecular formula is C22H21N. The van der Waals surface area contributed by atoms with Gasteiger partial charge in [-0.2, -0.15) is 0 Å². The highest BCUT2D eigenvalue weighted by Gasteiger charge is 2.10. The molecule has 0 unspecified atom stereocenters. The van der Waals surface area contributed by atoms with Crippen molar-refractivity contribution in [3.05, 3.63) is 70.8 Å². The van der Waals surface area contributed by atoms with Crippen LogP contribution in [0.4, 0.5) is 0 Å². The number of aromatic amines is 1. The maximum Gasteiger partial charge on any atom is 0.0465 e. The minimum absolute atomic E-state index is 1.21. The zero-order valence-electron chi connectivity index (χ0n) is 14.1. The first-order valence-corrected chi connectivity index (χ1v) is 8.13. The normalized spacial score (nSPS) is 11.5. The first-order valence-electron chi connectivity index (χ1n) is 8.13. The van der Waals surface area contributed by atoms with E-state index in [1.807, 2.05) is 0 Å². The summed E-state index contributed by atoms with van der Waals surface area (Å²) in [4.78, 5) is 3.52. The van der Waals surface area contributed by atoms with E-state index in [1.54, 1.807) is 0 Å². The van der Waals surface area contributed by atoms with Crippen molar-refractivity contribution in [1.82, 2.24) is 4.98 Å². The number of fused-ring (bicyclic) bond motifs is 3. The van der Waals surface area contributed by atoms with Gasteiger partial charge in [0.15, 0.2) is 0 Å². The van der Waals surface area contributed by atoms with Crippen molar-refractivity contribution in [1.29, 1.82) is 0 Å². The van der Waals surface area contributed by atoms with Crippen molar-refractivity contribution < 1.29 is 0 Å². The molecule has 0 fully saturated rings. The third-order valence-corrected chi connectivity index (χ3v) is 4.72. The first-order chi connectivity index (χ1) is 11.0. The lowest BCUT2D eigenvalue weighted by Gasteiger charge is -2.12. The molecule has 114 valence electrons. The summed E-state index contributed by atoms with van der Waals surface area (Å²) in [5, 5.41) is 2.62. The quantitative estimate of drug-likeness (QED) is 0.429. The van der Waals surface area contributed by atoms with Crippen LogP contribution < -0.4 is 0 Å². The molecule has 23 heavy (non-hydrogen) atoms. The zero-order chi connectivity index (χ0) is 16.1. The van der Waals surface area contributed by atoms with Crippen LogP contribution in [0.15, 0.2) is 48.5 Å². The SMILES string of the molecule is Cc1cc(C)c(-c2ccc3[nH]c4ccc(C)cc4c3c2)c(C)c1.